The van der Waals surface area contributed by atoms with Crippen LogP contribution in [0.2, 0.25) is 0 Å². The molecule has 5 heteroatoms. The molecule has 0 unspecified atom stereocenters. The second kappa shape index (κ2) is 9.30. The second-order valence-corrected chi connectivity index (χ2v) is 4.62. The second-order valence-electron chi connectivity index (χ2n) is 4.62. The number of ether oxygens (including phenoxy) is 3. The average molecular weight is 259 g/mol. The van der Waals surface area contributed by atoms with Gasteiger partial charge in [-0.25, -0.2) is 0 Å². The van der Waals surface area contributed by atoms with Gasteiger partial charge in [-0.05, 0) is 25.8 Å². The van der Waals surface area contributed by atoms with Crippen LogP contribution in [0.4, 0.5) is 0 Å². The third-order valence-electron chi connectivity index (χ3n) is 3.23. The van der Waals surface area contributed by atoms with Crippen molar-refractivity contribution in [2.45, 2.75) is 19.3 Å². The largest absolute Gasteiger partial charge is 0.469 e. The van der Waals surface area contributed by atoms with E-state index in [2.05, 4.69) is 4.90 Å². The zero-order chi connectivity index (χ0) is 13.2. The molecule has 18 heavy (non-hydrogen) atoms. The molecule has 5 nitrogen and oxygen atoms in total. The lowest BCUT2D eigenvalue weighted by atomic mass is 9.98. The van der Waals surface area contributed by atoms with Crippen molar-refractivity contribution in [2.24, 2.45) is 5.92 Å². The number of carbonyl (C=O) groups excluding carboxylic acids is 1. The summed E-state index contributed by atoms with van der Waals surface area (Å²) >= 11 is 0. The predicted octanol–water partition coefficient (Wildman–Crippen LogP) is 0.925. The minimum atomic E-state index is -0.0827. The van der Waals surface area contributed by atoms with Crippen LogP contribution in [0, 0.1) is 5.92 Å². The number of hydrogen-bond acceptors (Lipinski definition) is 5. The maximum absolute atomic E-state index is 11.5. The molecule has 1 rings (SSSR count). The van der Waals surface area contributed by atoms with Gasteiger partial charge in [0.1, 0.15) is 0 Å². The van der Waals surface area contributed by atoms with Crippen LogP contribution in [-0.4, -0.2) is 64.5 Å². The molecule has 1 fully saturated rings. The van der Waals surface area contributed by atoms with Gasteiger partial charge in [0.2, 0.25) is 0 Å². The average Bonchev–Trinajstić information content (AvgIpc) is 2.42. The van der Waals surface area contributed by atoms with E-state index in [0.29, 0.717) is 0 Å². The lowest BCUT2D eigenvalue weighted by molar-refractivity contribution is -0.147. The smallest absolute Gasteiger partial charge is 0.309 e. The van der Waals surface area contributed by atoms with E-state index in [1.54, 1.807) is 7.11 Å². The Morgan fingerprint density at radius 3 is 2.83 bits per heavy atom. The molecule has 1 atom stereocenters. The van der Waals surface area contributed by atoms with Gasteiger partial charge in [-0.1, -0.05) is 0 Å². The van der Waals surface area contributed by atoms with Gasteiger partial charge < -0.3 is 19.1 Å². The predicted molar refractivity (Wildman–Crippen MR) is 68.5 cm³/mol. The first-order chi connectivity index (χ1) is 8.77. The number of rotatable bonds is 8. The van der Waals surface area contributed by atoms with E-state index in [0.717, 1.165) is 58.7 Å². The lowest BCUT2D eigenvalue weighted by Gasteiger charge is -2.31. The molecule has 0 radical (unpaired) electrons. The van der Waals surface area contributed by atoms with E-state index in [1.807, 2.05) is 0 Å². The summed E-state index contributed by atoms with van der Waals surface area (Å²) in [5.41, 5.74) is 0. The minimum absolute atomic E-state index is 0.0391. The highest BCUT2D eigenvalue weighted by molar-refractivity contribution is 5.72. The zero-order valence-electron chi connectivity index (χ0n) is 11.5. The molecule has 0 amide bonds. The maximum Gasteiger partial charge on any atom is 0.309 e. The number of likely N-dealkylation sites (tertiary alicyclic amines) is 1. The van der Waals surface area contributed by atoms with E-state index in [-0.39, 0.29) is 11.9 Å². The van der Waals surface area contributed by atoms with Crippen LogP contribution in [0.5, 0.6) is 0 Å². The van der Waals surface area contributed by atoms with Crippen molar-refractivity contribution in [3.63, 3.8) is 0 Å². The topological polar surface area (TPSA) is 48.0 Å². The number of hydrogen-bond donors (Lipinski definition) is 0. The Bertz CT molecular complexity index is 235. The van der Waals surface area contributed by atoms with Crippen LogP contribution in [0.3, 0.4) is 0 Å². The third-order valence-corrected chi connectivity index (χ3v) is 3.23. The van der Waals surface area contributed by atoms with Crippen LogP contribution in [0.25, 0.3) is 0 Å². The number of nitrogens with zero attached hydrogens (tertiary/aromatic N) is 1. The molecule has 1 heterocycles. The monoisotopic (exact) mass is 259 g/mol. The van der Waals surface area contributed by atoms with Crippen molar-refractivity contribution in [3.05, 3.63) is 0 Å². The summed E-state index contributed by atoms with van der Waals surface area (Å²) < 4.78 is 15.3. The number of carbonyl (C=O) groups is 1. The van der Waals surface area contributed by atoms with E-state index in [9.17, 15) is 4.79 Å². The molecule has 0 aromatic heterocycles. The SMILES string of the molecule is COCCCOCCN1CCC[C@H](C(=O)OC)C1. The van der Waals surface area contributed by atoms with Crippen molar-refractivity contribution in [1.82, 2.24) is 4.90 Å². The summed E-state index contributed by atoms with van der Waals surface area (Å²) in [7, 11) is 3.15. The molecule has 0 aromatic carbocycles. The quantitative estimate of drug-likeness (QED) is 0.479. The Kier molecular flexibility index (Phi) is 7.96. The van der Waals surface area contributed by atoms with Crippen LogP contribution >= 0.6 is 0 Å². The van der Waals surface area contributed by atoms with Crippen molar-refractivity contribution in [3.8, 4) is 0 Å². The summed E-state index contributed by atoms with van der Waals surface area (Å²) in [6, 6.07) is 0. The fourth-order valence-electron chi connectivity index (χ4n) is 2.22. The van der Waals surface area contributed by atoms with Crippen molar-refractivity contribution in [1.29, 1.82) is 0 Å². The molecule has 0 spiro atoms. The minimum Gasteiger partial charge on any atom is -0.469 e. The molecule has 0 saturated carbocycles. The molecule has 0 N–H and O–H groups in total. The van der Waals surface area contributed by atoms with Crippen LogP contribution in [-0.2, 0) is 19.0 Å². The Labute approximate surface area is 109 Å². The maximum atomic E-state index is 11.5. The zero-order valence-corrected chi connectivity index (χ0v) is 11.5. The highest BCUT2D eigenvalue weighted by Crippen LogP contribution is 2.17. The van der Waals surface area contributed by atoms with Gasteiger partial charge in [0, 0.05) is 33.4 Å². The third kappa shape index (κ3) is 5.80. The first kappa shape index (κ1) is 15.4. The molecule has 1 aliphatic heterocycles. The normalized spacial score (nSPS) is 20.9. The van der Waals surface area contributed by atoms with Crippen molar-refractivity contribution < 1.29 is 19.0 Å². The van der Waals surface area contributed by atoms with Crippen LogP contribution in [0.15, 0.2) is 0 Å². The summed E-state index contributed by atoms with van der Waals surface area (Å²) in [6.45, 7) is 4.94. The van der Waals surface area contributed by atoms with Crippen LogP contribution < -0.4 is 0 Å². The van der Waals surface area contributed by atoms with E-state index < -0.39 is 0 Å². The Morgan fingerprint density at radius 1 is 1.28 bits per heavy atom. The van der Waals surface area contributed by atoms with Gasteiger partial charge in [-0.3, -0.25) is 4.79 Å². The molecular formula is C13H25NO4. The highest BCUT2D eigenvalue weighted by Gasteiger charge is 2.25. The summed E-state index contributed by atoms with van der Waals surface area (Å²) in [5, 5.41) is 0. The van der Waals surface area contributed by atoms with Crippen LogP contribution in [0.1, 0.15) is 19.3 Å². The Balaban J connectivity index is 2.09. The van der Waals surface area contributed by atoms with Gasteiger partial charge in [0.05, 0.1) is 19.6 Å². The Hall–Kier alpha value is -0.650. The number of esters is 1. The molecule has 106 valence electrons. The summed E-state index contributed by atoms with van der Waals surface area (Å²) in [6.07, 6.45) is 2.93. The summed E-state index contributed by atoms with van der Waals surface area (Å²) in [5.74, 6) is -0.0436. The molecule has 0 bridgehead atoms. The fourth-order valence-corrected chi connectivity index (χ4v) is 2.22. The fraction of sp³-hybridized carbons (Fsp3) is 0.923. The first-order valence-electron chi connectivity index (χ1n) is 6.64. The molecule has 1 saturated heterocycles. The number of methoxy groups -OCH3 is 2. The van der Waals surface area contributed by atoms with Gasteiger partial charge >= 0.3 is 5.97 Å². The van der Waals surface area contributed by atoms with Gasteiger partial charge in [-0.15, -0.1) is 0 Å². The lowest BCUT2D eigenvalue weighted by Crippen LogP contribution is -2.40. The summed E-state index contributed by atoms with van der Waals surface area (Å²) in [4.78, 5) is 13.7. The molecule has 1 aliphatic rings. The molecular weight excluding hydrogens is 234 g/mol. The van der Waals surface area contributed by atoms with Crippen molar-refractivity contribution in [2.75, 3.05) is 53.7 Å². The van der Waals surface area contributed by atoms with Crippen molar-refractivity contribution >= 4 is 5.97 Å². The number of piperidine rings is 1. The Morgan fingerprint density at radius 2 is 2.11 bits per heavy atom. The molecule has 0 aromatic rings. The van der Waals surface area contributed by atoms with Gasteiger partial charge in [0.15, 0.2) is 0 Å². The standard InChI is InChI=1S/C13H25NO4/c1-16-8-4-9-18-10-7-14-6-3-5-12(11-14)13(15)17-2/h12H,3-11H2,1-2H3/t12-/m0/s1. The first-order valence-corrected chi connectivity index (χ1v) is 6.64. The van der Waals surface area contributed by atoms with E-state index >= 15 is 0 Å². The molecule has 0 aliphatic carbocycles. The van der Waals surface area contributed by atoms with Gasteiger partial charge in [0.25, 0.3) is 0 Å². The van der Waals surface area contributed by atoms with Gasteiger partial charge in [-0.2, -0.15) is 0 Å². The van der Waals surface area contributed by atoms with E-state index in [4.69, 9.17) is 14.2 Å². The highest BCUT2D eigenvalue weighted by atomic mass is 16.5. The van der Waals surface area contributed by atoms with E-state index in [1.165, 1.54) is 7.11 Å².